The van der Waals surface area contributed by atoms with Crippen molar-refractivity contribution in [2.45, 2.75) is 43.7 Å². The van der Waals surface area contributed by atoms with E-state index in [1.165, 1.54) is 0 Å². The highest BCUT2D eigenvalue weighted by molar-refractivity contribution is 6.30. The summed E-state index contributed by atoms with van der Waals surface area (Å²) in [4.78, 5) is 37.4. The van der Waals surface area contributed by atoms with Gasteiger partial charge in [-0.05, 0) is 12.5 Å². The third-order valence-electron chi connectivity index (χ3n) is 4.85. The third kappa shape index (κ3) is 4.93. The van der Waals surface area contributed by atoms with E-state index in [2.05, 4.69) is 10.4 Å². The van der Waals surface area contributed by atoms with Crippen molar-refractivity contribution in [2.24, 2.45) is 7.05 Å². The standard InChI is InChI=1S/C17H22ClN5O6/c1-22-9(4-5-19-22)2-3-13(24)20-11-8-29-12(15(26)14(11)25)7-23-6-10(18)16(27)21-17(23)28/h4-6,11-12,14-15,25-26H,2-3,7-8H2,1H3,(H,20,24)(H,21,27,28)/t11-,12-,14+,15-/m1/s1. The topological polar surface area (TPSA) is 151 Å². The highest BCUT2D eigenvalue weighted by Gasteiger charge is 2.39. The Bertz CT molecular complexity index is 985. The molecule has 0 bridgehead atoms. The molecule has 1 saturated heterocycles. The lowest BCUT2D eigenvalue weighted by molar-refractivity contribution is -0.158. The van der Waals surface area contributed by atoms with E-state index >= 15 is 0 Å². The van der Waals surface area contributed by atoms with Crippen molar-refractivity contribution in [3.63, 3.8) is 0 Å². The van der Waals surface area contributed by atoms with Crippen molar-refractivity contribution < 1.29 is 19.7 Å². The van der Waals surface area contributed by atoms with Crippen LogP contribution in [0.5, 0.6) is 0 Å². The second-order valence-electron chi connectivity index (χ2n) is 6.86. The quantitative estimate of drug-likeness (QED) is 0.423. The minimum Gasteiger partial charge on any atom is -0.388 e. The predicted molar refractivity (Wildman–Crippen MR) is 102 cm³/mol. The number of nitrogens with one attached hydrogen (secondary N) is 2. The Hall–Kier alpha value is -2.47. The minimum absolute atomic E-state index is 0.0494. The van der Waals surface area contributed by atoms with Crippen LogP contribution in [0.15, 0.2) is 28.0 Å². The van der Waals surface area contributed by atoms with Crippen LogP contribution in [0, 0.1) is 0 Å². The highest BCUT2D eigenvalue weighted by atomic mass is 35.5. The first kappa shape index (κ1) is 21.2. The number of ether oxygens (including phenoxy) is 1. The molecular weight excluding hydrogens is 406 g/mol. The molecule has 158 valence electrons. The smallest absolute Gasteiger partial charge is 0.328 e. The fourth-order valence-corrected chi connectivity index (χ4v) is 3.31. The number of aromatic nitrogens is 4. The van der Waals surface area contributed by atoms with Gasteiger partial charge >= 0.3 is 5.69 Å². The van der Waals surface area contributed by atoms with E-state index in [0.717, 1.165) is 16.5 Å². The number of hydrogen-bond donors (Lipinski definition) is 4. The number of halogens is 1. The molecule has 1 amide bonds. The summed E-state index contributed by atoms with van der Waals surface area (Å²) in [6.07, 6.45) is -0.124. The molecule has 0 aromatic carbocycles. The summed E-state index contributed by atoms with van der Waals surface area (Å²) < 4.78 is 8.29. The fraction of sp³-hybridized carbons (Fsp3) is 0.529. The molecule has 4 atom stereocenters. The average molecular weight is 428 g/mol. The number of aromatic amines is 1. The summed E-state index contributed by atoms with van der Waals surface area (Å²) in [7, 11) is 1.78. The molecule has 1 aliphatic rings. The van der Waals surface area contributed by atoms with Crippen LogP contribution in [0.3, 0.4) is 0 Å². The molecule has 29 heavy (non-hydrogen) atoms. The lowest BCUT2D eigenvalue weighted by atomic mass is 9.97. The Morgan fingerprint density at radius 2 is 2.17 bits per heavy atom. The SMILES string of the molecule is Cn1nccc1CCC(=O)N[C@@H]1CO[C@H](Cn2cc(Cl)c(=O)[nH]c2=O)[C@@H](O)[C@H]1O. The van der Waals surface area contributed by atoms with Crippen molar-refractivity contribution in [3.8, 4) is 0 Å². The van der Waals surface area contributed by atoms with Gasteiger partial charge in [0, 0.05) is 31.6 Å². The van der Waals surface area contributed by atoms with E-state index in [1.54, 1.807) is 17.9 Å². The highest BCUT2D eigenvalue weighted by Crippen LogP contribution is 2.17. The molecule has 0 spiro atoms. The van der Waals surface area contributed by atoms with Gasteiger partial charge in [0.15, 0.2) is 0 Å². The van der Waals surface area contributed by atoms with Crippen LogP contribution in [-0.4, -0.2) is 66.4 Å². The molecule has 4 N–H and O–H groups in total. The van der Waals surface area contributed by atoms with Crippen LogP contribution < -0.4 is 16.6 Å². The van der Waals surface area contributed by atoms with E-state index < -0.39 is 35.6 Å². The summed E-state index contributed by atoms with van der Waals surface area (Å²) in [5, 5.41) is 27.2. The van der Waals surface area contributed by atoms with Crippen LogP contribution in [0.1, 0.15) is 12.1 Å². The first-order chi connectivity index (χ1) is 13.8. The maximum atomic E-state index is 12.2. The molecule has 3 rings (SSSR count). The van der Waals surface area contributed by atoms with Crippen molar-refractivity contribution in [1.29, 1.82) is 0 Å². The fourth-order valence-electron chi connectivity index (χ4n) is 3.15. The molecule has 11 nitrogen and oxygen atoms in total. The first-order valence-corrected chi connectivity index (χ1v) is 9.37. The molecule has 2 aromatic rings. The summed E-state index contributed by atoms with van der Waals surface area (Å²) >= 11 is 5.72. The number of aliphatic hydroxyl groups excluding tert-OH is 2. The maximum absolute atomic E-state index is 12.2. The third-order valence-corrected chi connectivity index (χ3v) is 5.12. The van der Waals surface area contributed by atoms with Gasteiger partial charge in [-0.3, -0.25) is 23.8 Å². The molecule has 2 aromatic heterocycles. The second-order valence-corrected chi connectivity index (χ2v) is 7.27. The Balaban J connectivity index is 1.56. The number of carbonyl (C=O) groups is 1. The van der Waals surface area contributed by atoms with E-state index in [9.17, 15) is 24.6 Å². The van der Waals surface area contributed by atoms with Gasteiger partial charge in [0.1, 0.15) is 23.3 Å². The van der Waals surface area contributed by atoms with Crippen LogP contribution in [0.25, 0.3) is 0 Å². The molecule has 1 aliphatic heterocycles. The summed E-state index contributed by atoms with van der Waals surface area (Å²) in [6.45, 7) is -0.180. The Morgan fingerprint density at radius 1 is 1.41 bits per heavy atom. The number of carbonyl (C=O) groups excluding carboxylic acids is 1. The van der Waals surface area contributed by atoms with Gasteiger partial charge in [-0.15, -0.1) is 0 Å². The molecule has 0 unspecified atom stereocenters. The van der Waals surface area contributed by atoms with Gasteiger partial charge in [-0.2, -0.15) is 5.10 Å². The number of aryl methyl sites for hydroxylation is 2. The lowest BCUT2D eigenvalue weighted by Gasteiger charge is -2.38. The molecule has 0 saturated carbocycles. The Morgan fingerprint density at radius 3 is 2.86 bits per heavy atom. The van der Waals surface area contributed by atoms with Gasteiger partial charge in [0.05, 0.1) is 19.2 Å². The molecule has 3 heterocycles. The number of nitrogens with zero attached hydrogens (tertiary/aromatic N) is 3. The zero-order chi connectivity index (χ0) is 21.1. The van der Waals surface area contributed by atoms with Crippen LogP contribution in [0.2, 0.25) is 5.02 Å². The normalized spacial score (nSPS) is 24.4. The first-order valence-electron chi connectivity index (χ1n) is 8.99. The lowest BCUT2D eigenvalue weighted by Crippen LogP contribution is -2.60. The van der Waals surface area contributed by atoms with Gasteiger partial charge in [-0.25, -0.2) is 4.79 Å². The van der Waals surface area contributed by atoms with Crippen molar-refractivity contribution >= 4 is 17.5 Å². The number of amides is 1. The van der Waals surface area contributed by atoms with E-state index in [1.807, 2.05) is 11.1 Å². The van der Waals surface area contributed by atoms with E-state index in [0.29, 0.717) is 6.42 Å². The molecular formula is C17H22ClN5O6. The maximum Gasteiger partial charge on any atom is 0.328 e. The summed E-state index contributed by atoms with van der Waals surface area (Å²) in [6, 6.07) is 1.02. The molecule has 0 aliphatic carbocycles. The van der Waals surface area contributed by atoms with Crippen LogP contribution in [-0.2, 0) is 29.5 Å². The largest absolute Gasteiger partial charge is 0.388 e. The number of aliphatic hydroxyl groups is 2. The Kier molecular flexibility index (Phi) is 6.52. The van der Waals surface area contributed by atoms with E-state index in [4.69, 9.17) is 16.3 Å². The molecule has 0 radical (unpaired) electrons. The zero-order valence-electron chi connectivity index (χ0n) is 15.6. The van der Waals surface area contributed by atoms with Gasteiger partial charge < -0.3 is 20.3 Å². The van der Waals surface area contributed by atoms with Crippen molar-refractivity contribution in [3.05, 3.63) is 50.0 Å². The van der Waals surface area contributed by atoms with Gasteiger partial charge in [0.25, 0.3) is 5.56 Å². The second kappa shape index (κ2) is 8.91. The number of H-pyrrole nitrogens is 1. The van der Waals surface area contributed by atoms with Crippen molar-refractivity contribution in [1.82, 2.24) is 24.6 Å². The van der Waals surface area contributed by atoms with Gasteiger partial charge in [0.2, 0.25) is 5.91 Å². The summed E-state index contributed by atoms with van der Waals surface area (Å²) in [5.41, 5.74) is -0.534. The number of rotatable bonds is 6. The van der Waals surface area contributed by atoms with Crippen molar-refractivity contribution in [2.75, 3.05) is 6.61 Å². The predicted octanol–water partition coefficient (Wildman–Crippen LogP) is -1.84. The monoisotopic (exact) mass is 427 g/mol. The minimum atomic E-state index is -1.36. The number of hydrogen-bond acceptors (Lipinski definition) is 7. The summed E-state index contributed by atoms with van der Waals surface area (Å²) in [5.74, 6) is -0.298. The molecule has 1 fully saturated rings. The van der Waals surface area contributed by atoms with E-state index in [-0.39, 0.29) is 30.5 Å². The Labute approximate surface area is 169 Å². The van der Waals surface area contributed by atoms with Crippen LogP contribution >= 0.6 is 11.6 Å². The van der Waals surface area contributed by atoms with Crippen LogP contribution in [0.4, 0.5) is 0 Å². The molecule has 12 heteroatoms. The average Bonchev–Trinajstić information content (AvgIpc) is 3.08. The van der Waals surface area contributed by atoms with Gasteiger partial charge in [-0.1, -0.05) is 11.6 Å². The zero-order valence-corrected chi connectivity index (χ0v) is 16.4.